The predicted molar refractivity (Wildman–Crippen MR) is 81.7 cm³/mol. The molecular formula is C15H19ClN2O4. The van der Waals surface area contributed by atoms with E-state index in [1.807, 2.05) is 12.1 Å². The first kappa shape index (κ1) is 16.6. The number of hydrogen-bond donors (Lipinski definition) is 1. The fraction of sp³-hybridized carbons (Fsp3) is 0.467. The molecule has 7 heteroatoms. The van der Waals surface area contributed by atoms with Crippen LogP contribution in [0, 0.1) is 0 Å². The van der Waals surface area contributed by atoms with Crippen molar-refractivity contribution in [1.29, 1.82) is 0 Å². The van der Waals surface area contributed by atoms with Crippen LogP contribution in [0.25, 0.3) is 0 Å². The van der Waals surface area contributed by atoms with Crippen molar-refractivity contribution in [2.45, 2.75) is 18.9 Å². The Balaban J connectivity index is 1.71. The van der Waals surface area contributed by atoms with Crippen LogP contribution in [-0.2, 0) is 14.3 Å². The minimum atomic E-state index is -0.711. The number of ether oxygens (including phenoxy) is 2. The SMILES string of the molecule is NC(=O)[C@@H]1CN(C(=O)CCCOc2ccccc2Cl)CCO1. The van der Waals surface area contributed by atoms with Gasteiger partial charge in [-0.05, 0) is 18.6 Å². The highest BCUT2D eigenvalue weighted by atomic mass is 35.5. The number of carbonyl (C=O) groups excluding carboxylic acids is 2. The maximum absolute atomic E-state index is 12.1. The van der Waals surface area contributed by atoms with Gasteiger partial charge in [-0.25, -0.2) is 0 Å². The number of nitrogens with zero attached hydrogens (tertiary/aromatic N) is 1. The summed E-state index contributed by atoms with van der Waals surface area (Å²) in [5, 5.41) is 0.548. The van der Waals surface area contributed by atoms with Gasteiger partial charge in [0.05, 0.1) is 24.8 Å². The summed E-state index contributed by atoms with van der Waals surface area (Å²) in [5.74, 6) is 0.0358. The molecule has 1 aliphatic heterocycles. The molecular weight excluding hydrogens is 308 g/mol. The summed E-state index contributed by atoms with van der Waals surface area (Å²) in [6.45, 7) is 1.43. The molecule has 1 aromatic carbocycles. The first-order chi connectivity index (χ1) is 10.6. The molecule has 0 aliphatic carbocycles. The Morgan fingerprint density at radius 3 is 2.91 bits per heavy atom. The molecule has 2 rings (SSSR count). The number of halogens is 1. The molecule has 1 fully saturated rings. The number of carbonyl (C=O) groups is 2. The van der Waals surface area contributed by atoms with Crippen molar-refractivity contribution in [3.63, 3.8) is 0 Å². The summed E-state index contributed by atoms with van der Waals surface area (Å²) in [6, 6.07) is 7.19. The minimum absolute atomic E-state index is 0.0303. The third kappa shape index (κ3) is 4.61. The van der Waals surface area contributed by atoms with Crippen molar-refractivity contribution < 1.29 is 19.1 Å². The van der Waals surface area contributed by atoms with Gasteiger partial charge in [-0.3, -0.25) is 9.59 Å². The smallest absolute Gasteiger partial charge is 0.248 e. The van der Waals surface area contributed by atoms with Crippen molar-refractivity contribution in [3.8, 4) is 5.75 Å². The number of primary amides is 1. The van der Waals surface area contributed by atoms with Crippen LogP contribution in [0.4, 0.5) is 0 Å². The maximum atomic E-state index is 12.1. The Bertz CT molecular complexity index is 538. The highest BCUT2D eigenvalue weighted by Crippen LogP contribution is 2.23. The van der Waals surface area contributed by atoms with Crippen LogP contribution in [0.5, 0.6) is 5.75 Å². The normalized spacial score (nSPS) is 18.0. The molecule has 0 bridgehead atoms. The molecule has 0 aromatic heterocycles. The second-order valence-corrected chi connectivity index (χ2v) is 5.39. The molecule has 1 aromatic rings. The standard InChI is InChI=1S/C15H19ClN2O4/c16-11-4-1-2-5-12(11)21-8-3-6-14(19)18-7-9-22-13(10-18)15(17)20/h1-2,4-5,13H,3,6-10H2,(H2,17,20)/t13-/m0/s1. The van der Waals surface area contributed by atoms with Crippen LogP contribution in [-0.4, -0.2) is 49.1 Å². The Kier molecular flexibility index (Phi) is 6.03. The summed E-state index contributed by atoms with van der Waals surface area (Å²) >= 11 is 5.98. The molecule has 0 saturated carbocycles. The lowest BCUT2D eigenvalue weighted by molar-refractivity contribution is -0.145. The predicted octanol–water partition coefficient (Wildman–Crippen LogP) is 1.21. The fourth-order valence-corrected chi connectivity index (χ4v) is 2.36. The minimum Gasteiger partial charge on any atom is -0.492 e. The van der Waals surface area contributed by atoms with Crippen molar-refractivity contribution in [2.75, 3.05) is 26.3 Å². The Hall–Kier alpha value is -1.79. The number of nitrogens with two attached hydrogens (primary N) is 1. The monoisotopic (exact) mass is 326 g/mol. The van der Waals surface area contributed by atoms with Gasteiger partial charge >= 0.3 is 0 Å². The number of rotatable bonds is 6. The number of morpholine rings is 1. The Morgan fingerprint density at radius 1 is 1.41 bits per heavy atom. The third-order valence-corrected chi connectivity index (χ3v) is 3.68. The maximum Gasteiger partial charge on any atom is 0.248 e. The van der Waals surface area contributed by atoms with Crippen LogP contribution in [0.1, 0.15) is 12.8 Å². The molecule has 22 heavy (non-hydrogen) atoms. The molecule has 0 radical (unpaired) electrons. The second-order valence-electron chi connectivity index (χ2n) is 4.98. The summed E-state index contributed by atoms with van der Waals surface area (Å²) in [5.41, 5.74) is 5.20. The summed E-state index contributed by atoms with van der Waals surface area (Å²) in [4.78, 5) is 24.8. The first-order valence-corrected chi connectivity index (χ1v) is 7.51. The lowest BCUT2D eigenvalue weighted by Gasteiger charge is -2.31. The van der Waals surface area contributed by atoms with Crippen molar-refractivity contribution in [2.24, 2.45) is 5.73 Å². The van der Waals surface area contributed by atoms with E-state index in [-0.39, 0.29) is 12.5 Å². The summed E-state index contributed by atoms with van der Waals surface area (Å²) < 4.78 is 10.7. The number of amides is 2. The molecule has 2 amide bonds. The molecule has 1 atom stereocenters. The largest absolute Gasteiger partial charge is 0.492 e. The van der Waals surface area contributed by atoms with Crippen LogP contribution < -0.4 is 10.5 Å². The molecule has 2 N–H and O–H groups in total. The van der Waals surface area contributed by atoms with Crippen LogP contribution in [0.3, 0.4) is 0 Å². The van der Waals surface area contributed by atoms with E-state index >= 15 is 0 Å². The third-order valence-electron chi connectivity index (χ3n) is 3.37. The topological polar surface area (TPSA) is 81.9 Å². The van der Waals surface area contributed by atoms with Gasteiger partial charge in [0.25, 0.3) is 0 Å². The average Bonchev–Trinajstić information content (AvgIpc) is 2.53. The van der Waals surface area contributed by atoms with E-state index in [0.29, 0.717) is 43.4 Å². The van der Waals surface area contributed by atoms with E-state index in [1.54, 1.807) is 17.0 Å². The van der Waals surface area contributed by atoms with Crippen LogP contribution >= 0.6 is 11.6 Å². The van der Waals surface area contributed by atoms with Crippen molar-refractivity contribution in [3.05, 3.63) is 29.3 Å². The number of para-hydroxylation sites is 1. The van der Waals surface area contributed by atoms with Crippen LogP contribution in [0.2, 0.25) is 5.02 Å². The zero-order valence-corrected chi connectivity index (χ0v) is 12.9. The fourth-order valence-electron chi connectivity index (χ4n) is 2.17. The number of hydrogen-bond acceptors (Lipinski definition) is 4. The van der Waals surface area contributed by atoms with Crippen molar-refractivity contribution >= 4 is 23.4 Å². The molecule has 0 spiro atoms. The molecule has 1 saturated heterocycles. The lowest BCUT2D eigenvalue weighted by Crippen LogP contribution is -2.50. The van der Waals surface area contributed by atoms with E-state index < -0.39 is 12.0 Å². The highest BCUT2D eigenvalue weighted by Gasteiger charge is 2.27. The molecule has 120 valence electrons. The molecule has 0 unspecified atom stereocenters. The average molecular weight is 327 g/mol. The van der Waals surface area contributed by atoms with Crippen molar-refractivity contribution in [1.82, 2.24) is 4.90 Å². The summed E-state index contributed by atoms with van der Waals surface area (Å²) in [7, 11) is 0. The summed E-state index contributed by atoms with van der Waals surface area (Å²) in [6.07, 6.45) is 0.204. The van der Waals surface area contributed by atoms with Gasteiger partial charge in [-0.15, -0.1) is 0 Å². The van der Waals surface area contributed by atoms with Gasteiger partial charge in [0.15, 0.2) is 6.10 Å². The van der Waals surface area contributed by atoms with E-state index in [4.69, 9.17) is 26.8 Å². The zero-order valence-electron chi connectivity index (χ0n) is 12.2. The van der Waals surface area contributed by atoms with Gasteiger partial charge < -0.3 is 20.1 Å². The Labute approximate surface area is 134 Å². The Morgan fingerprint density at radius 2 is 2.18 bits per heavy atom. The van der Waals surface area contributed by atoms with Gasteiger partial charge in [0.2, 0.25) is 11.8 Å². The van der Waals surface area contributed by atoms with Gasteiger partial charge in [-0.2, -0.15) is 0 Å². The van der Waals surface area contributed by atoms with E-state index in [1.165, 1.54) is 0 Å². The second kappa shape index (κ2) is 8.00. The molecule has 1 heterocycles. The lowest BCUT2D eigenvalue weighted by atomic mass is 10.2. The quantitative estimate of drug-likeness (QED) is 0.797. The van der Waals surface area contributed by atoms with E-state index in [9.17, 15) is 9.59 Å². The first-order valence-electron chi connectivity index (χ1n) is 7.14. The van der Waals surface area contributed by atoms with Gasteiger partial charge in [0.1, 0.15) is 5.75 Å². The highest BCUT2D eigenvalue weighted by molar-refractivity contribution is 6.32. The molecule has 1 aliphatic rings. The van der Waals surface area contributed by atoms with Crippen LogP contribution in [0.15, 0.2) is 24.3 Å². The zero-order chi connectivity index (χ0) is 15.9. The van der Waals surface area contributed by atoms with Gasteiger partial charge in [0, 0.05) is 13.0 Å². The molecule has 6 nitrogen and oxygen atoms in total. The van der Waals surface area contributed by atoms with Gasteiger partial charge in [-0.1, -0.05) is 23.7 Å². The van der Waals surface area contributed by atoms with E-state index in [2.05, 4.69) is 0 Å². The van der Waals surface area contributed by atoms with E-state index in [0.717, 1.165) is 0 Å². The number of benzene rings is 1.